The minimum atomic E-state index is -0.441. The molecular formula is C22H24ClN3O2. The number of hydrogen-bond donors (Lipinski definition) is 1. The van der Waals surface area contributed by atoms with Crippen molar-refractivity contribution in [2.75, 3.05) is 19.6 Å². The Morgan fingerprint density at radius 2 is 2.00 bits per heavy atom. The smallest absolute Gasteiger partial charge is 0.200 e. The number of nitrogens with zero attached hydrogens (tertiary/aromatic N) is 3. The largest absolute Gasteiger partial charge is 0.507 e. The molecule has 3 heterocycles. The van der Waals surface area contributed by atoms with Gasteiger partial charge in [0.2, 0.25) is 5.72 Å². The molecule has 1 N–H and O–H groups in total. The van der Waals surface area contributed by atoms with E-state index in [1.807, 2.05) is 36.4 Å². The normalized spacial score (nSPS) is 23.1. The quantitative estimate of drug-likeness (QED) is 0.815. The van der Waals surface area contributed by atoms with Crippen molar-refractivity contribution in [2.24, 2.45) is 5.10 Å². The Labute approximate surface area is 170 Å². The van der Waals surface area contributed by atoms with E-state index in [1.54, 1.807) is 6.07 Å². The highest BCUT2D eigenvalue weighted by Gasteiger charge is 2.51. The van der Waals surface area contributed by atoms with Gasteiger partial charge >= 0.3 is 0 Å². The summed E-state index contributed by atoms with van der Waals surface area (Å²) in [6, 6.07) is 13.4. The molecule has 3 aliphatic heterocycles. The van der Waals surface area contributed by atoms with Gasteiger partial charge in [0.05, 0.1) is 11.8 Å². The summed E-state index contributed by atoms with van der Waals surface area (Å²) in [5, 5.41) is 18.2. The van der Waals surface area contributed by atoms with Gasteiger partial charge in [0.1, 0.15) is 11.5 Å². The van der Waals surface area contributed by atoms with Gasteiger partial charge in [-0.1, -0.05) is 30.7 Å². The summed E-state index contributed by atoms with van der Waals surface area (Å²) < 4.78 is 6.61. The summed E-state index contributed by atoms with van der Waals surface area (Å²) in [6.07, 6.45) is 2.53. The zero-order valence-corrected chi connectivity index (χ0v) is 16.7. The number of ether oxygens (including phenoxy) is 1. The second-order valence-corrected chi connectivity index (χ2v) is 8.23. The van der Waals surface area contributed by atoms with Gasteiger partial charge < -0.3 is 14.7 Å². The summed E-state index contributed by atoms with van der Waals surface area (Å²) >= 11 is 6.30. The van der Waals surface area contributed by atoms with E-state index < -0.39 is 5.72 Å². The minimum absolute atomic E-state index is 0.0743. The van der Waals surface area contributed by atoms with Crippen LogP contribution in [0.2, 0.25) is 5.02 Å². The summed E-state index contributed by atoms with van der Waals surface area (Å²) in [6.45, 7) is 5.23. The van der Waals surface area contributed by atoms with E-state index in [4.69, 9.17) is 21.4 Å². The molecule has 0 amide bonds. The zero-order valence-electron chi connectivity index (χ0n) is 15.9. The molecule has 0 radical (unpaired) electrons. The van der Waals surface area contributed by atoms with Crippen molar-refractivity contribution in [2.45, 2.75) is 38.0 Å². The third-order valence-electron chi connectivity index (χ3n) is 6.26. The summed E-state index contributed by atoms with van der Waals surface area (Å²) in [5.74, 6) is 1.17. The number of para-hydroxylation sites is 1. The van der Waals surface area contributed by atoms with Crippen molar-refractivity contribution in [1.29, 1.82) is 0 Å². The molecule has 2 aromatic carbocycles. The molecule has 5 nitrogen and oxygen atoms in total. The fraction of sp³-hybridized carbons (Fsp3) is 0.409. The number of phenolic OH excluding ortho intramolecular Hbond substituents is 1. The Balaban J connectivity index is 1.58. The number of benzene rings is 2. The van der Waals surface area contributed by atoms with E-state index >= 15 is 0 Å². The highest BCUT2D eigenvalue weighted by Crippen LogP contribution is 2.50. The van der Waals surface area contributed by atoms with Crippen LogP contribution in [0.15, 0.2) is 47.6 Å². The van der Waals surface area contributed by atoms with Crippen molar-refractivity contribution in [1.82, 2.24) is 9.91 Å². The molecule has 0 saturated carbocycles. The Hall–Kier alpha value is -2.24. The molecule has 1 saturated heterocycles. The molecule has 3 aliphatic rings. The maximum atomic E-state index is 10.4. The lowest BCUT2D eigenvalue weighted by molar-refractivity contribution is -0.149. The summed E-state index contributed by atoms with van der Waals surface area (Å²) in [5.41, 5.74) is 2.33. The highest BCUT2D eigenvalue weighted by molar-refractivity contribution is 6.30. The predicted octanol–water partition coefficient (Wildman–Crippen LogP) is 4.40. The molecule has 6 heteroatoms. The SMILES string of the molecule is CCN1CCC2(CC1)Oc1ccc(Cl)cc1C1CC(c3ccccc3O)=NN12. The maximum absolute atomic E-state index is 10.4. The van der Waals surface area contributed by atoms with E-state index in [9.17, 15) is 5.11 Å². The van der Waals surface area contributed by atoms with Gasteiger partial charge in [-0.25, -0.2) is 5.01 Å². The number of hydrogen-bond acceptors (Lipinski definition) is 5. The molecule has 1 atom stereocenters. The topological polar surface area (TPSA) is 48.3 Å². The third kappa shape index (κ3) is 2.76. The Morgan fingerprint density at radius 1 is 1.21 bits per heavy atom. The predicted molar refractivity (Wildman–Crippen MR) is 110 cm³/mol. The molecular weight excluding hydrogens is 374 g/mol. The molecule has 1 fully saturated rings. The van der Waals surface area contributed by atoms with E-state index in [1.165, 1.54) is 0 Å². The first-order valence-corrected chi connectivity index (χ1v) is 10.3. The van der Waals surface area contributed by atoms with Crippen LogP contribution < -0.4 is 4.74 Å². The van der Waals surface area contributed by atoms with Crippen molar-refractivity contribution in [3.63, 3.8) is 0 Å². The van der Waals surface area contributed by atoms with E-state index in [0.717, 1.165) is 61.5 Å². The van der Waals surface area contributed by atoms with Crippen molar-refractivity contribution >= 4 is 17.3 Å². The molecule has 2 aromatic rings. The average Bonchev–Trinajstić information content (AvgIpc) is 3.16. The van der Waals surface area contributed by atoms with Crippen LogP contribution in [0.25, 0.3) is 0 Å². The molecule has 0 aliphatic carbocycles. The van der Waals surface area contributed by atoms with Crippen LogP contribution in [0.5, 0.6) is 11.5 Å². The molecule has 28 heavy (non-hydrogen) atoms. The Kier molecular flexibility index (Phi) is 4.25. The van der Waals surface area contributed by atoms with Gasteiger partial charge in [0.25, 0.3) is 0 Å². The van der Waals surface area contributed by atoms with Crippen molar-refractivity contribution in [3.8, 4) is 11.5 Å². The Morgan fingerprint density at radius 3 is 2.75 bits per heavy atom. The van der Waals surface area contributed by atoms with Crippen molar-refractivity contribution < 1.29 is 9.84 Å². The fourth-order valence-corrected chi connectivity index (χ4v) is 4.86. The van der Waals surface area contributed by atoms with E-state index in [0.29, 0.717) is 5.02 Å². The zero-order chi connectivity index (χ0) is 19.3. The first-order chi connectivity index (χ1) is 13.6. The number of phenols is 1. The molecule has 5 rings (SSSR count). The van der Waals surface area contributed by atoms with Gasteiger partial charge in [-0.2, -0.15) is 5.10 Å². The van der Waals surface area contributed by atoms with Crippen LogP contribution in [-0.4, -0.2) is 46.1 Å². The number of rotatable bonds is 2. The van der Waals surface area contributed by atoms with Gasteiger partial charge in [-0.05, 0) is 36.9 Å². The van der Waals surface area contributed by atoms with Crippen LogP contribution in [0.3, 0.4) is 0 Å². The monoisotopic (exact) mass is 397 g/mol. The minimum Gasteiger partial charge on any atom is -0.507 e. The Bertz CT molecular complexity index is 937. The third-order valence-corrected chi connectivity index (χ3v) is 6.49. The number of halogens is 1. The molecule has 1 unspecified atom stereocenters. The number of piperidine rings is 1. The molecule has 0 aromatic heterocycles. The molecule has 1 spiro atoms. The average molecular weight is 398 g/mol. The summed E-state index contributed by atoms with van der Waals surface area (Å²) in [4.78, 5) is 2.45. The molecule has 0 bridgehead atoms. The fourth-order valence-electron chi connectivity index (χ4n) is 4.68. The first-order valence-electron chi connectivity index (χ1n) is 9.96. The van der Waals surface area contributed by atoms with Crippen LogP contribution >= 0.6 is 11.6 Å². The summed E-state index contributed by atoms with van der Waals surface area (Å²) in [7, 11) is 0. The highest BCUT2D eigenvalue weighted by atomic mass is 35.5. The van der Waals surface area contributed by atoms with Crippen LogP contribution in [0.4, 0.5) is 0 Å². The number of fused-ring (bicyclic) bond motifs is 4. The second-order valence-electron chi connectivity index (χ2n) is 7.79. The first kappa shape index (κ1) is 17.8. The van der Waals surface area contributed by atoms with Crippen LogP contribution in [-0.2, 0) is 0 Å². The van der Waals surface area contributed by atoms with Crippen molar-refractivity contribution in [3.05, 3.63) is 58.6 Å². The number of likely N-dealkylation sites (tertiary alicyclic amines) is 1. The van der Waals surface area contributed by atoms with Gasteiger partial charge in [-0.3, -0.25) is 0 Å². The number of aromatic hydroxyl groups is 1. The van der Waals surface area contributed by atoms with Gasteiger partial charge in [0.15, 0.2) is 0 Å². The lowest BCUT2D eigenvalue weighted by Gasteiger charge is -2.51. The lowest BCUT2D eigenvalue weighted by Crippen LogP contribution is -2.59. The maximum Gasteiger partial charge on any atom is 0.200 e. The number of hydrazone groups is 1. The van der Waals surface area contributed by atoms with E-state index in [-0.39, 0.29) is 11.8 Å². The standard InChI is InChI=1S/C22H24ClN3O2/c1-2-25-11-9-22(10-12-25)26-19(17-13-15(23)7-8-21(17)28-22)14-18(24-26)16-5-3-4-6-20(16)27/h3-8,13,19,27H,2,9-12,14H2,1H3. The van der Waals surface area contributed by atoms with Gasteiger partial charge in [-0.15, -0.1) is 0 Å². The van der Waals surface area contributed by atoms with Crippen LogP contribution in [0.1, 0.15) is 43.4 Å². The molecule has 146 valence electrons. The van der Waals surface area contributed by atoms with E-state index in [2.05, 4.69) is 16.8 Å². The van der Waals surface area contributed by atoms with Gasteiger partial charge in [0, 0.05) is 48.5 Å². The second kappa shape index (κ2) is 6.68. The lowest BCUT2D eigenvalue weighted by atomic mass is 9.90. The van der Waals surface area contributed by atoms with Crippen LogP contribution in [0, 0.1) is 0 Å².